The molecule has 7 nitrogen and oxygen atoms in total. The zero-order valence-corrected chi connectivity index (χ0v) is 18.1. The molecule has 1 saturated carbocycles. The Labute approximate surface area is 181 Å². The van der Waals surface area contributed by atoms with Crippen LogP contribution in [0.3, 0.4) is 0 Å². The molecule has 1 unspecified atom stereocenters. The minimum Gasteiger partial charge on any atom is -0.462 e. The van der Waals surface area contributed by atoms with Gasteiger partial charge in [0.05, 0.1) is 24.3 Å². The highest BCUT2D eigenvalue weighted by atomic mass is 16.5. The van der Waals surface area contributed by atoms with Crippen LogP contribution in [0.1, 0.15) is 73.6 Å². The van der Waals surface area contributed by atoms with Crippen molar-refractivity contribution in [2.45, 2.75) is 57.5 Å². The van der Waals surface area contributed by atoms with E-state index in [4.69, 9.17) is 4.74 Å². The lowest BCUT2D eigenvalue weighted by Crippen LogP contribution is -2.31. The van der Waals surface area contributed by atoms with Gasteiger partial charge in [0, 0.05) is 11.3 Å². The van der Waals surface area contributed by atoms with Crippen molar-refractivity contribution in [3.63, 3.8) is 0 Å². The van der Waals surface area contributed by atoms with E-state index in [2.05, 4.69) is 59.0 Å². The summed E-state index contributed by atoms with van der Waals surface area (Å²) in [5, 5.41) is 16.0. The van der Waals surface area contributed by atoms with Crippen molar-refractivity contribution in [3.05, 3.63) is 59.2 Å². The number of tetrazole rings is 1. The van der Waals surface area contributed by atoms with Crippen molar-refractivity contribution in [1.82, 2.24) is 20.2 Å². The average Bonchev–Trinajstić information content (AvgIpc) is 3.49. The van der Waals surface area contributed by atoms with E-state index < -0.39 is 0 Å². The third-order valence-corrected chi connectivity index (χ3v) is 6.24. The Kier molecular flexibility index (Phi) is 4.76. The first-order valence-corrected chi connectivity index (χ1v) is 10.9. The van der Waals surface area contributed by atoms with Gasteiger partial charge in [-0.3, -0.25) is 0 Å². The second-order valence-corrected chi connectivity index (χ2v) is 9.07. The van der Waals surface area contributed by atoms with Crippen LogP contribution in [0.4, 0.5) is 5.69 Å². The number of esters is 1. The zero-order valence-electron chi connectivity index (χ0n) is 18.1. The van der Waals surface area contributed by atoms with Crippen LogP contribution in [0.15, 0.2) is 42.5 Å². The molecule has 31 heavy (non-hydrogen) atoms. The zero-order chi connectivity index (χ0) is 21.6. The maximum atomic E-state index is 12.2. The second-order valence-electron chi connectivity index (χ2n) is 9.07. The van der Waals surface area contributed by atoms with E-state index in [1.165, 1.54) is 5.56 Å². The monoisotopic (exact) mass is 417 g/mol. The molecule has 1 aromatic heterocycles. The molecule has 1 atom stereocenters. The lowest BCUT2D eigenvalue weighted by Gasteiger charge is -2.39. The molecular formula is C24H27N5O2. The molecule has 2 heterocycles. The Morgan fingerprint density at radius 2 is 2.06 bits per heavy atom. The molecule has 0 bridgehead atoms. The SMILES string of the molecule is CCOC(=O)c1ccc2c(c1)C(C)(C)CC(c1cccc(-c3nnnn3C3CC3)c1)N2. The van der Waals surface area contributed by atoms with Crippen molar-refractivity contribution >= 4 is 11.7 Å². The maximum absolute atomic E-state index is 12.2. The van der Waals surface area contributed by atoms with Crippen molar-refractivity contribution in [2.24, 2.45) is 0 Å². The number of carbonyl (C=O) groups excluding carboxylic acids is 1. The van der Waals surface area contributed by atoms with Crippen LogP contribution in [0.2, 0.25) is 0 Å². The number of nitrogens with one attached hydrogen (secondary N) is 1. The number of benzene rings is 2. The highest BCUT2D eigenvalue weighted by Gasteiger charge is 2.34. The van der Waals surface area contributed by atoms with Crippen LogP contribution in [0, 0.1) is 0 Å². The fourth-order valence-electron chi connectivity index (χ4n) is 4.47. The summed E-state index contributed by atoms with van der Waals surface area (Å²) in [4.78, 5) is 12.2. The van der Waals surface area contributed by atoms with E-state index in [-0.39, 0.29) is 17.4 Å². The number of carbonyl (C=O) groups is 1. The third-order valence-electron chi connectivity index (χ3n) is 6.24. The van der Waals surface area contributed by atoms with Gasteiger partial charge in [-0.15, -0.1) is 5.10 Å². The van der Waals surface area contributed by atoms with E-state index in [0.717, 1.165) is 41.9 Å². The molecule has 1 N–H and O–H groups in total. The van der Waals surface area contributed by atoms with Gasteiger partial charge in [0.25, 0.3) is 0 Å². The molecule has 0 spiro atoms. The molecule has 1 fully saturated rings. The Hall–Kier alpha value is -3.22. The van der Waals surface area contributed by atoms with Gasteiger partial charge in [0.1, 0.15) is 0 Å². The summed E-state index contributed by atoms with van der Waals surface area (Å²) in [6.07, 6.45) is 3.19. The van der Waals surface area contributed by atoms with Gasteiger partial charge in [-0.25, -0.2) is 9.48 Å². The van der Waals surface area contributed by atoms with Crippen molar-refractivity contribution in [2.75, 3.05) is 11.9 Å². The van der Waals surface area contributed by atoms with E-state index in [1.54, 1.807) is 0 Å². The lowest BCUT2D eigenvalue weighted by atomic mass is 9.73. The predicted octanol–water partition coefficient (Wildman–Crippen LogP) is 4.69. The molecule has 1 aliphatic carbocycles. The Bertz CT molecular complexity index is 1130. The number of nitrogens with zero attached hydrogens (tertiary/aromatic N) is 4. The lowest BCUT2D eigenvalue weighted by molar-refractivity contribution is 0.0526. The Balaban J connectivity index is 1.45. The first kappa shape index (κ1) is 19.7. The van der Waals surface area contributed by atoms with E-state index in [1.807, 2.05) is 29.8 Å². The summed E-state index contributed by atoms with van der Waals surface area (Å²) in [6.45, 7) is 6.65. The third kappa shape index (κ3) is 3.69. The fourth-order valence-corrected chi connectivity index (χ4v) is 4.47. The second kappa shape index (κ2) is 7.48. The normalized spacial score (nSPS) is 19.4. The molecule has 0 saturated heterocycles. The van der Waals surface area contributed by atoms with E-state index in [0.29, 0.717) is 18.2 Å². The summed E-state index contributed by atoms with van der Waals surface area (Å²) >= 11 is 0. The maximum Gasteiger partial charge on any atom is 0.338 e. The smallest absolute Gasteiger partial charge is 0.338 e. The number of anilines is 1. The van der Waals surface area contributed by atoms with E-state index >= 15 is 0 Å². The summed E-state index contributed by atoms with van der Waals surface area (Å²) in [5.74, 6) is 0.559. The highest BCUT2D eigenvalue weighted by Crippen LogP contribution is 2.45. The Morgan fingerprint density at radius 1 is 1.23 bits per heavy atom. The average molecular weight is 418 g/mol. The van der Waals surface area contributed by atoms with Crippen molar-refractivity contribution in [1.29, 1.82) is 0 Å². The minimum atomic E-state index is -0.274. The topological polar surface area (TPSA) is 81.9 Å². The van der Waals surface area contributed by atoms with Crippen LogP contribution >= 0.6 is 0 Å². The molecule has 1 aliphatic heterocycles. The number of hydrogen-bond acceptors (Lipinski definition) is 6. The van der Waals surface area contributed by atoms with Crippen LogP contribution in [0.5, 0.6) is 0 Å². The van der Waals surface area contributed by atoms with Gasteiger partial charge < -0.3 is 10.1 Å². The largest absolute Gasteiger partial charge is 0.462 e. The molecule has 0 amide bonds. The summed E-state index contributed by atoms with van der Waals surface area (Å²) in [6, 6.07) is 14.9. The molecule has 5 rings (SSSR count). The molecular weight excluding hydrogens is 390 g/mol. The number of hydrogen-bond donors (Lipinski definition) is 1. The molecule has 160 valence electrons. The quantitative estimate of drug-likeness (QED) is 0.607. The molecule has 0 radical (unpaired) electrons. The molecule has 2 aliphatic rings. The predicted molar refractivity (Wildman–Crippen MR) is 118 cm³/mol. The van der Waals surface area contributed by atoms with Crippen LogP contribution < -0.4 is 5.32 Å². The van der Waals surface area contributed by atoms with Gasteiger partial charge in [-0.1, -0.05) is 32.0 Å². The molecule has 2 aromatic carbocycles. The van der Waals surface area contributed by atoms with Gasteiger partial charge in [-0.05, 0) is 77.4 Å². The number of rotatable bonds is 5. The molecule has 7 heteroatoms. The van der Waals surface area contributed by atoms with Crippen molar-refractivity contribution in [3.8, 4) is 11.4 Å². The first-order valence-electron chi connectivity index (χ1n) is 10.9. The van der Waals surface area contributed by atoms with Gasteiger partial charge in [0.2, 0.25) is 0 Å². The highest BCUT2D eigenvalue weighted by molar-refractivity contribution is 5.90. The standard InChI is InChI=1S/C24H27N5O2/c1-4-31-23(30)17-8-11-20-19(13-17)24(2,3)14-21(25-20)15-6-5-7-16(12-15)22-26-27-28-29(22)18-9-10-18/h5-8,11-13,18,21,25H,4,9-10,14H2,1-3H3. The van der Waals surface area contributed by atoms with Gasteiger partial charge in [-0.2, -0.15) is 0 Å². The van der Waals surface area contributed by atoms with Crippen LogP contribution in [0.25, 0.3) is 11.4 Å². The number of fused-ring (bicyclic) bond motifs is 1. The fraction of sp³-hybridized carbons (Fsp3) is 0.417. The summed E-state index contributed by atoms with van der Waals surface area (Å²) in [5.41, 5.74) is 4.95. The van der Waals surface area contributed by atoms with Crippen molar-refractivity contribution < 1.29 is 9.53 Å². The van der Waals surface area contributed by atoms with E-state index in [9.17, 15) is 4.79 Å². The Morgan fingerprint density at radius 3 is 2.84 bits per heavy atom. The minimum absolute atomic E-state index is 0.0979. The summed E-state index contributed by atoms with van der Waals surface area (Å²) < 4.78 is 7.13. The number of aromatic nitrogens is 4. The van der Waals surface area contributed by atoms with Gasteiger partial charge in [0.15, 0.2) is 5.82 Å². The van der Waals surface area contributed by atoms with Gasteiger partial charge >= 0.3 is 5.97 Å². The number of ether oxygens (including phenoxy) is 1. The van der Waals surface area contributed by atoms with Crippen LogP contribution in [-0.4, -0.2) is 32.8 Å². The first-order chi connectivity index (χ1) is 15.0. The molecule has 3 aromatic rings. The summed E-state index contributed by atoms with van der Waals surface area (Å²) in [7, 11) is 0. The van der Waals surface area contributed by atoms with Crippen LogP contribution in [-0.2, 0) is 10.2 Å².